The standard InChI is InChI=1S/C24H29N3O2/c1-27(15-12-19-13-16-28-17-14-19)18-22-25-24(26-29-22)23(20-8-4-2-5-9-20)21-10-6-3-7-11-21/h2-11,19,23H,12-18H2,1H3. The highest BCUT2D eigenvalue weighted by Crippen LogP contribution is 2.30. The molecule has 4 rings (SSSR count). The molecular formula is C24H29N3O2. The minimum atomic E-state index is -0.0255. The molecule has 1 fully saturated rings. The lowest BCUT2D eigenvalue weighted by molar-refractivity contribution is 0.0604. The number of nitrogens with zero attached hydrogens (tertiary/aromatic N) is 3. The van der Waals surface area contributed by atoms with Crippen LogP contribution in [-0.4, -0.2) is 41.8 Å². The number of hydrogen-bond acceptors (Lipinski definition) is 5. The van der Waals surface area contributed by atoms with Crippen molar-refractivity contribution in [1.29, 1.82) is 0 Å². The van der Waals surface area contributed by atoms with Gasteiger partial charge in [-0.25, -0.2) is 0 Å². The second kappa shape index (κ2) is 9.81. The van der Waals surface area contributed by atoms with Gasteiger partial charge in [-0.05, 0) is 49.9 Å². The Hall–Kier alpha value is -2.50. The van der Waals surface area contributed by atoms with E-state index in [0.29, 0.717) is 12.4 Å². The monoisotopic (exact) mass is 391 g/mol. The van der Waals surface area contributed by atoms with E-state index >= 15 is 0 Å². The summed E-state index contributed by atoms with van der Waals surface area (Å²) in [5.74, 6) is 2.13. The van der Waals surface area contributed by atoms with Crippen LogP contribution in [-0.2, 0) is 11.3 Å². The fourth-order valence-electron chi connectivity index (χ4n) is 3.98. The fraction of sp³-hybridized carbons (Fsp3) is 0.417. The number of ether oxygens (including phenoxy) is 1. The summed E-state index contributed by atoms with van der Waals surface area (Å²) in [6.07, 6.45) is 3.54. The average molecular weight is 392 g/mol. The van der Waals surface area contributed by atoms with Gasteiger partial charge in [-0.2, -0.15) is 4.98 Å². The van der Waals surface area contributed by atoms with Crippen molar-refractivity contribution in [2.75, 3.05) is 26.8 Å². The molecule has 152 valence electrons. The number of benzene rings is 2. The van der Waals surface area contributed by atoms with Gasteiger partial charge in [0, 0.05) is 13.2 Å². The predicted molar refractivity (Wildman–Crippen MR) is 113 cm³/mol. The predicted octanol–water partition coefficient (Wildman–Crippen LogP) is 4.50. The molecule has 1 aliphatic heterocycles. The van der Waals surface area contributed by atoms with Crippen LogP contribution < -0.4 is 0 Å². The minimum absolute atomic E-state index is 0.0255. The summed E-state index contributed by atoms with van der Waals surface area (Å²) < 4.78 is 11.1. The molecule has 0 spiro atoms. The zero-order valence-electron chi connectivity index (χ0n) is 17.0. The molecule has 0 saturated carbocycles. The van der Waals surface area contributed by atoms with Crippen molar-refractivity contribution in [2.45, 2.75) is 31.7 Å². The largest absolute Gasteiger partial charge is 0.381 e. The molecule has 1 saturated heterocycles. The second-order valence-electron chi connectivity index (χ2n) is 7.88. The average Bonchev–Trinajstić information content (AvgIpc) is 3.22. The number of rotatable bonds is 8. The molecule has 0 aliphatic carbocycles. The van der Waals surface area contributed by atoms with Gasteiger partial charge in [0.05, 0.1) is 12.5 Å². The van der Waals surface area contributed by atoms with E-state index in [4.69, 9.17) is 14.2 Å². The molecular weight excluding hydrogens is 362 g/mol. The maximum absolute atomic E-state index is 5.63. The highest BCUT2D eigenvalue weighted by atomic mass is 16.5. The summed E-state index contributed by atoms with van der Waals surface area (Å²) in [5, 5.41) is 4.34. The summed E-state index contributed by atoms with van der Waals surface area (Å²) in [7, 11) is 2.12. The molecule has 0 unspecified atom stereocenters. The van der Waals surface area contributed by atoms with Gasteiger partial charge in [0.2, 0.25) is 5.89 Å². The third kappa shape index (κ3) is 5.31. The molecule has 5 nitrogen and oxygen atoms in total. The molecule has 29 heavy (non-hydrogen) atoms. The van der Waals surface area contributed by atoms with Crippen molar-refractivity contribution in [2.24, 2.45) is 5.92 Å². The van der Waals surface area contributed by atoms with E-state index in [-0.39, 0.29) is 5.92 Å². The third-order valence-corrected chi connectivity index (χ3v) is 5.67. The van der Waals surface area contributed by atoms with Gasteiger partial charge in [-0.15, -0.1) is 0 Å². The summed E-state index contributed by atoms with van der Waals surface area (Å²) in [5.41, 5.74) is 2.33. The molecule has 0 amide bonds. The quantitative estimate of drug-likeness (QED) is 0.566. The second-order valence-corrected chi connectivity index (χ2v) is 7.88. The van der Waals surface area contributed by atoms with Crippen LogP contribution in [0.3, 0.4) is 0 Å². The summed E-state index contributed by atoms with van der Waals surface area (Å²) in [6, 6.07) is 20.7. The maximum atomic E-state index is 5.63. The lowest BCUT2D eigenvalue weighted by Crippen LogP contribution is -2.24. The Balaban J connectivity index is 1.44. The summed E-state index contributed by atoms with van der Waals surface area (Å²) in [4.78, 5) is 7.03. The maximum Gasteiger partial charge on any atom is 0.240 e. The zero-order chi connectivity index (χ0) is 19.9. The fourth-order valence-corrected chi connectivity index (χ4v) is 3.98. The van der Waals surface area contributed by atoms with Crippen molar-refractivity contribution >= 4 is 0 Å². The van der Waals surface area contributed by atoms with E-state index in [9.17, 15) is 0 Å². The first-order valence-electron chi connectivity index (χ1n) is 10.5. The zero-order valence-corrected chi connectivity index (χ0v) is 17.0. The molecule has 1 aliphatic rings. The van der Waals surface area contributed by atoms with Gasteiger partial charge in [-0.1, -0.05) is 65.8 Å². The Labute approximate surface area is 172 Å². The van der Waals surface area contributed by atoms with Gasteiger partial charge >= 0.3 is 0 Å². The van der Waals surface area contributed by atoms with E-state index in [0.717, 1.165) is 31.5 Å². The van der Waals surface area contributed by atoms with E-state index in [2.05, 4.69) is 65.6 Å². The molecule has 2 heterocycles. The molecule has 3 aromatic rings. The van der Waals surface area contributed by atoms with Gasteiger partial charge in [0.1, 0.15) is 0 Å². The third-order valence-electron chi connectivity index (χ3n) is 5.67. The summed E-state index contributed by atoms with van der Waals surface area (Å²) >= 11 is 0. The van der Waals surface area contributed by atoms with E-state index in [1.165, 1.54) is 30.4 Å². The van der Waals surface area contributed by atoms with Crippen LogP contribution in [0.1, 0.15) is 48.0 Å². The first kappa shape index (κ1) is 19.8. The van der Waals surface area contributed by atoms with Gasteiger partial charge in [0.15, 0.2) is 5.82 Å². The Morgan fingerprint density at radius 3 is 2.21 bits per heavy atom. The van der Waals surface area contributed by atoms with E-state index < -0.39 is 0 Å². The molecule has 0 atom stereocenters. The molecule has 2 aromatic carbocycles. The number of aromatic nitrogens is 2. The minimum Gasteiger partial charge on any atom is -0.381 e. The van der Waals surface area contributed by atoms with Crippen LogP contribution in [0.15, 0.2) is 65.2 Å². The highest BCUT2D eigenvalue weighted by molar-refractivity contribution is 5.37. The van der Waals surface area contributed by atoms with Crippen LogP contribution in [0.4, 0.5) is 0 Å². The molecule has 0 N–H and O–H groups in total. The topological polar surface area (TPSA) is 51.4 Å². The van der Waals surface area contributed by atoms with Crippen molar-refractivity contribution < 1.29 is 9.26 Å². The van der Waals surface area contributed by atoms with E-state index in [1.54, 1.807) is 0 Å². The Kier molecular flexibility index (Phi) is 6.70. The molecule has 0 radical (unpaired) electrons. The van der Waals surface area contributed by atoms with Crippen molar-refractivity contribution in [3.63, 3.8) is 0 Å². The van der Waals surface area contributed by atoms with Crippen LogP contribution in [0, 0.1) is 5.92 Å². The van der Waals surface area contributed by atoms with Crippen LogP contribution in [0.25, 0.3) is 0 Å². The molecule has 0 bridgehead atoms. The lowest BCUT2D eigenvalue weighted by Gasteiger charge is -2.24. The number of hydrogen-bond donors (Lipinski definition) is 0. The summed E-state index contributed by atoms with van der Waals surface area (Å²) in [6.45, 7) is 3.51. The smallest absolute Gasteiger partial charge is 0.240 e. The first-order chi connectivity index (χ1) is 14.3. The van der Waals surface area contributed by atoms with Crippen LogP contribution in [0.2, 0.25) is 0 Å². The highest BCUT2D eigenvalue weighted by Gasteiger charge is 2.23. The SMILES string of the molecule is CN(CCC1CCOCC1)Cc1nc(C(c2ccccc2)c2ccccc2)no1. The first-order valence-corrected chi connectivity index (χ1v) is 10.5. The van der Waals surface area contributed by atoms with Crippen molar-refractivity contribution in [3.05, 3.63) is 83.5 Å². The van der Waals surface area contributed by atoms with Gasteiger partial charge in [0.25, 0.3) is 0 Å². The van der Waals surface area contributed by atoms with Crippen molar-refractivity contribution in [1.82, 2.24) is 15.0 Å². The normalized spacial score (nSPS) is 15.3. The van der Waals surface area contributed by atoms with Crippen LogP contribution in [0.5, 0.6) is 0 Å². The Morgan fingerprint density at radius 1 is 0.966 bits per heavy atom. The van der Waals surface area contributed by atoms with E-state index in [1.807, 2.05) is 12.1 Å². The lowest BCUT2D eigenvalue weighted by atomic mass is 9.91. The van der Waals surface area contributed by atoms with Gasteiger partial charge in [-0.3, -0.25) is 4.90 Å². The van der Waals surface area contributed by atoms with Crippen molar-refractivity contribution in [3.8, 4) is 0 Å². The molecule has 5 heteroatoms. The molecule has 1 aromatic heterocycles. The Bertz CT molecular complexity index is 821. The Morgan fingerprint density at radius 2 is 1.59 bits per heavy atom. The van der Waals surface area contributed by atoms with Gasteiger partial charge < -0.3 is 9.26 Å². The van der Waals surface area contributed by atoms with Crippen LogP contribution >= 0.6 is 0 Å².